The minimum atomic E-state index is -1.63. The summed E-state index contributed by atoms with van der Waals surface area (Å²) in [5.74, 6) is -4.41. The van der Waals surface area contributed by atoms with Gasteiger partial charge in [-0.1, -0.05) is 5.16 Å². The molecule has 3 saturated heterocycles. The van der Waals surface area contributed by atoms with Gasteiger partial charge in [-0.25, -0.2) is 9.59 Å². The van der Waals surface area contributed by atoms with Gasteiger partial charge in [-0.05, 0) is 31.4 Å². The Morgan fingerprint density at radius 2 is 2.02 bits per heavy atom. The minimum Gasteiger partial charge on any atom is -0.543 e. The summed E-state index contributed by atoms with van der Waals surface area (Å²) in [4.78, 5) is 83.0. The fourth-order valence-corrected chi connectivity index (χ4v) is 7.43. The van der Waals surface area contributed by atoms with E-state index in [0.29, 0.717) is 31.5 Å². The molecule has 4 N–H and O–H groups in total. The minimum absolute atomic E-state index is 0. The van der Waals surface area contributed by atoms with Crippen LogP contribution in [0.15, 0.2) is 41.7 Å². The maximum absolute atomic E-state index is 13.4. The van der Waals surface area contributed by atoms with Gasteiger partial charge in [-0.15, -0.1) is 11.8 Å². The number of nitrogens with two attached hydrogens (primary N) is 1. The normalized spacial score (nSPS) is 23.3. The number of hydrogen-bond acceptors (Lipinski definition) is 17. The van der Waals surface area contributed by atoms with E-state index in [-0.39, 0.29) is 88.5 Å². The zero-order chi connectivity index (χ0) is 33.6. The molecular formula is C26H25N8NaO11S2. The first-order valence-electron chi connectivity index (χ1n) is 14.0. The molecule has 19 nitrogen and oxygen atoms in total. The molecule has 3 fully saturated rings. The summed E-state index contributed by atoms with van der Waals surface area (Å²) in [7, 11) is 0. The van der Waals surface area contributed by atoms with Gasteiger partial charge in [-0.3, -0.25) is 19.3 Å². The van der Waals surface area contributed by atoms with E-state index in [0.717, 1.165) is 16.4 Å². The number of β-lactam (4-membered cyclic amide) rings is 1. The third-order valence-electron chi connectivity index (χ3n) is 7.98. The molecule has 248 valence electrons. The Kier molecular flexibility index (Phi) is 10.3. The summed E-state index contributed by atoms with van der Waals surface area (Å²) in [6, 6.07) is -1.45. The Bertz CT molecular complexity index is 1830. The number of amides is 4. The number of hydrogen-bond donors (Lipinski definition) is 3. The standard InChI is InChI=1S/C26H26N8O11S2.Na/c1-10-14(45-26(41)44-10)8-43-25(40)32-4-3-13(7-32)33-5-2-11(20(33)36)6-12-9-46-22-16(21(37)34(22)17(12)23(38)39)28-19(35)15(30-42)18-29-24(27)47-31-18;/h6,13,16,22,42H,2-5,7-9H2,1H3,(H,28,35)(H,38,39)(H2,27,29,31);/q;+1/p-1/b11-6-,30-15+;/t13-,16-,22-;/m1./s1. The number of likely N-dealkylation sites (tertiary alicyclic amines) is 2. The molecule has 0 radical (unpaired) electrons. The first-order chi connectivity index (χ1) is 22.5. The van der Waals surface area contributed by atoms with Crippen LogP contribution in [0.25, 0.3) is 0 Å². The maximum Gasteiger partial charge on any atom is 1.00 e. The Morgan fingerprint density at radius 1 is 1.25 bits per heavy atom. The third-order valence-corrected chi connectivity index (χ3v) is 9.82. The molecule has 4 aliphatic rings. The molecule has 0 unspecified atom stereocenters. The Morgan fingerprint density at radius 3 is 2.67 bits per heavy atom. The number of aryl methyl sites for hydroxylation is 1. The number of fused-ring (bicyclic) bond motifs is 1. The zero-order valence-electron chi connectivity index (χ0n) is 25.4. The number of nitrogen functional groups attached to an aromatic ring is 1. The number of thioether (sulfide) groups is 1. The number of carbonyl (C=O) groups excluding carboxylic acids is 5. The molecule has 4 aliphatic heterocycles. The quantitative estimate of drug-likeness (QED) is 0.0578. The summed E-state index contributed by atoms with van der Waals surface area (Å²) in [5, 5.41) is 26.1. The Labute approximate surface area is 300 Å². The molecule has 2 aromatic rings. The maximum atomic E-state index is 13.4. The van der Waals surface area contributed by atoms with E-state index < -0.39 is 52.5 Å². The molecule has 22 heteroatoms. The predicted molar refractivity (Wildman–Crippen MR) is 156 cm³/mol. The summed E-state index contributed by atoms with van der Waals surface area (Å²) in [6.07, 6.45) is 1.60. The topological polar surface area (TPSA) is 267 Å². The number of rotatable bonds is 8. The van der Waals surface area contributed by atoms with Crippen molar-refractivity contribution < 1.29 is 77.4 Å². The number of nitrogens with one attached hydrogen (secondary N) is 1. The van der Waals surface area contributed by atoms with Crippen molar-refractivity contribution in [3.8, 4) is 0 Å². The van der Waals surface area contributed by atoms with Crippen molar-refractivity contribution in [3.05, 3.63) is 50.9 Å². The van der Waals surface area contributed by atoms with Gasteiger partial charge in [0.1, 0.15) is 11.4 Å². The number of nitrogens with zero attached hydrogens (tertiary/aromatic N) is 6. The van der Waals surface area contributed by atoms with Crippen molar-refractivity contribution in [2.45, 2.75) is 43.8 Å². The number of allylic oxidation sites excluding steroid dienone is 1. The molecule has 3 atom stereocenters. The number of aliphatic carboxylic acids is 1. The molecule has 4 amide bonds. The average molecular weight is 713 g/mol. The van der Waals surface area contributed by atoms with E-state index in [1.165, 1.54) is 29.7 Å². The third kappa shape index (κ3) is 6.59. The molecular weight excluding hydrogens is 687 g/mol. The second kappa shape index (κ2) is 14.1. The van der Waals surface area contributed by atoms with Crippen LogP contribution in [0.2, 0.25) is 0 Å². The molecule has 0 aliphatic carbocycles. The second-order valence-electron chi connectivity index (χ2n) is 10.7. The monoisotopic (exact) mass is 712 g/mol. The van der Waals surface area contributed by atoms with Crippen molar-refractivity contribution in [1.82, 2.24) is 29.4 Å². The van der Waals surface area contributed by atoms with Crippen LogP contribution in [0.1, 0.15) is 30.2 Å². The van der Waals surface area contributed by atoms with E-state index in [1.54, 1.807) is 4.90 Å². The molecule has 2 aromatic heterocycles. The van der Waals surface area contributed by atoms with E-state index in [1.807, 2.05) is 0 Å². The molecule has 6 rings (SSSR count). The van der Waals surface area contributed by atoms with E-state index in [9.17, 15) is 39.1 Å². The smallest absolute Gasteiger partial charge is 0.543 e. The zero-order valence-corrected chi connectivity index (χ0v) is 29.0. The Balaban J connectivity index is 0.00000451. The summed E-state index contributed by atoms with van der Waals surface area (Å²) in [5.41, 5.74) is 5.07. The summed E-state index contributed by atoms with van der Waals surface area (Å²) in [6.45, 7) is 2.09. The number of oxime groups is 1. The molecule has 0 spiro atoms. The first-order valence-corrected chi connectivity index (χ1v) is 15.8. The first kappa shape index (κ1) is 35.1. The number of carboxylic acids is 1. The van der Waals surface area contributed by atoms with Gasteiger partial charge in [0.2, 0.25) is 17.4 Å². The number of carboxylic acid groups (broad SMARTS) is 1. The van der Waals surface area contributed by atoms with E-state index in [2.05, 4.69) is 19.8 Å². The predicted octanol–water partition coefficient (Wildman–Crippen LogP) is -4.87. The van der Waals surface area contributed by atoms with Gasteiger partial charge in [0.05, 0.1) is 17.7 Å². The van der Waals surface area contributed by atoms with Crippen LogP contribution in [0.3, 0.4) is 0 Å². The van der Waals surface area contributed by atoms with E-state index >= 15 is 0 Å². The van der Waals surface area contributed by atoms with Gasteiger partial charge in [-0.2, -0.15) is 9.36 Å². The number of aromatic nitrogens is 2. The van der Waals surface area contributed by atoms with Crippen LogP contribution in [0, 0.1) is 6.92 Å². The van der Waals surface area contributed by atoms with Gasteiger partial charge in [0, 0.05) is 42.5 Å². The van der Waals surface area contributed by atoms with Crippen molar-refractivity contribution in [2.75, 3.05) is 31.1 Å². The summed E-state index contributed by atoms with van der Waals surface area (Å²) < 4.78 is 18.6. The Hall–Kier alpha value is -4.18. The SMILES string of the molecule is Cc1oc(=O)oc1COC(=O)N1CC[C@@H](N2CC/C(=C/C3=C(C(=O)[O-])N4C(=O)[C@@H](NC(=O)/C(=N/O)c5nsc(N)n5)[C@H]4SC3)C2=O)C1.[Na+]. The van der Waals surface area contributed by atoms with Crippen molar-refractivity contribution in [3.63, 3.8) is 0 Å². The number of anilines is 1. The van der Waals surface area contributed by atoms with Crippen LogP contribution in [-0.2, 0) is 30.5 Å². The largest absolute Gasteiger partial charge is 1.00 e. The van der Waals surface area contributed by atoms with Crippen LogP contribution < -0.4 is 51.5 Å². The average Bonchev–Trinajstić information content (AvgIpc) is 3.83. The van der Waals surface area contributed by atoms with Crippen molar-refractivity contribution >= 4 is 63.9 Å². The van der Waals surface area contributed by atoms with Crippen molar-refractivity contribution in [2.24, 2.45) is 5.16 Å². The molecule has 0 aromatic carbocycles. The fraction of sp³-hybridized carbons (Fsp3) is 0.423. The fourth-order valence-electron chi connectivity index (χ4n) is 5.69. The molecule has 0 bridgehead atoms. The molecule has 6 heterocycles. The van der Waals surface area contributed by atoms with Crippen LogP contribution >= 0.6 is 23.3 Å². The van der Waals surface area contributed by atoms with Gasteiger partial charge in [0.15, 0.2) is 23.3 Å². The van der Waals surface area contributed by atoms with Crippen LogP contribution in [0.4, 0.5) is 9.93 Å². The molecule has 48 heavy (non-hydrogen) atoms. The van der Waals surface area contributed by atoms with Crippen molar-refractivity contribution in [1.29, 1.82) is 0 Å². The van der Waals surface area contributed by atoms with Gasteiger partial charge >= 0.3 is 41.5 Å². The second-order valence-corrected chi connectivity index (χ2v) is 12.6. The van der Waals surface area contributed by atoms with E-state index in [4.69, 9.17) is 19.3 Å². The van der Waals surface area contributed by atoms with Gasteiger partial charge < -0.3 is 49.5 Å². The number of ether oxygens (including phenoxy) is 1. The van der Waals surface area contributed by atoms with Crippen LogP contribution in [-0.4, -0.2) is 108 Å². The van der Waals surface area contributed by atoms with Gasteiger partial charge in [0.25, 0.3) is 11.8 Å². The number of carbonyl (C=O) groups is 5. The molecule has 0 saturated carbocycles. The van der Waals surface area contributed by atoms with Crippen LogP contribution in [0.5, 0.6) is 0 Å². The summed E-state index contributed by atoms with van der Waals surface area (Å²) >= 11 is 1.94.